The van der Waals surface area contributed by atoms with Gasteiger partial charge in [0.15, 0.2) is 6.61 Å². The molecular formula is C25H34N2O3. The molecule has 0 aromatic heterocycles. The second-order valence-electron chi connectivity index (χ2n) is 8.32. The highest BCUT2D eigenvalue weighted by atomic mass is 16.5. The Kier molecular flexibility index (Phi) is 8.46. The van der Waals surface area contributed by atoms with Crippen molar-refractivity contribution in [1.29, 1.82) is 0 Å². The Bertz CT molecular complexity index is 876. The smallest absolute Gasteiger partial charge is 0.261 e. The number of ether oxygens (including phenoxy) is 1. The van der Waals surface area contributed by atoms with Crippen LogP contribution in [0.2, 0.25) is 0 Å². The van der Waals surface area contributed by atoms with Gasteiger partial charge in [-0.3, -0.25) is 9.59 Å². The van der Waals surface area contributed by atoms with E-state index in [0.717, 1.165) is 22.3 Å². The minimum Gasteiger partial charge on any atom is -0.483 e. The number of hydrogen-bond donors (Lipinski definition) is 1. The third-order valence-electron chi connectivity index (χ3n) is 5.15. The summed E-state index contributed by atoms with van der Waals surface area (Å²) >= 11 is 0. The van der Waals surface area contributed by atoms with Gasteiger partial charge in [-0.25, -0.2) is 0 Å². The van der Waals surface area contributed by atoms with Crippen LogP contribution < -0.4 is 10.1 Å². The molecule has 0 spiro atoms. The number of benzene rings is 2. The van der Waals surface area contributed by atoms with Gasteiger partial charge < -0.3 is 15.0 Å². The Morgan fingerprint density at radius 3 is 2.37 bits per heavy atom. The van der Waals surface area contributed by atoms with Crippen LogP contribution in [0.4, 0.5) is 0 Å². The third kappa shape index (κ3) is 6.61. The standard InChI is InChI=1S/C25H34N2O3/c1-17(2)14-26-25(29)21(6)27(15-22-10-8-7-9-19(22)4)24(28)16-30-23-13-18(3)11-12-20(23)5/h7-13,17,21H,14-16H2,1-6H3,(H,26,29)/t21-/m0/s1. The number of rotatable bonds is 9. The van der Waals surface area contributed by atoms with E-state index in [1.54, 1.807) is 11.8 Å². The summed E-state index contributed by atoms with van der Waals surface area (Å²) in [7, 11) is 0. The monoisotopic (exact) mass is 410 g/mol. The predicted molar refractivity (Wildman–Crippen MR) is 120 cm³/mol. The van der Waals surface area contributed by atoms with Crippen molar-refractivity contribution in [3.05, 3.63) is 64.7 Å². The first-order chi connectivity index (χ1) is 14.2. The summed E-state index contributed by atoms with van der Waals surface area (Å²) in [6.45, 7) is 12.6. The lowest BCUT2D eigenvalue weighted by Gasteiger charge is -2.29. The number of nitrogens with one attached hydrogen (secondary N) is 1. The molecule has 0 unspecified atom stereocenters. The molecular weight excluding hydrogens is 376 g/mol. The van der Waals surface area contributed by atoms with Crippen molar-refractivity contribution in [3.8, 4) is 5.75 Å². The summed E-state index contributed by atoms with van der Waals surface area (Å²) in [4.78, 5) is 27.4. The van der Waals surface area contributed by atoms with E-state index in [1.807, 2.05) is 77.1 Å². The third-order valence-corrected chi connectivity index (χ3v) is 5.15. The van der Waals surface area contributed by atoms with E-state index in [2.05, 4.69) is 5.32 Å². The quantitative estimate of drug-likeness (QED) is 0.675. The summed E-state index contributed by atoms with van der Waals surface area (Å²) in [5.74, 6) is 0.661. The van der Waals surface area contributed by atoms with E-state index in [4.69, 9.17) is 4.74 Å². The maximum absolute atomic E-state index is 13.1. The summed E-state index contributed by atoms with van der Waals surface area (Å²) in [6, 6.07) is 13.2. The number of hydrogen-bond acceptors (Lipinski definition) is 3. The number of aryl methyl sites for hydroxylation is 3. The van der Waals surface area contributed by atoms with E-state index in [9.17, 15) is 9.59 Å². The van der Waals surface area contributed by atoms with Gasteiger partial charge in [0, 0.05) is 13.1 Å². The normalized spacial score (nSPS) is 11.8. The van der Waals surface area contributed by atoms with Crippen molar-refractivity contribution in [2.45, 2.75) is 54.1 Å². The van der Waals surface area contributed by atoms with Gasteiger partial charge in [-0.05, 0) is 61.9 Å². The predicted octanol–water partition coefficient (Wildman–Crippen LogP) is 4.18. The van der Waals surface area contributed by atoms with Crippen LogP contribution in [0.5, 0.6) is 5.75 Å². The van der Waals surface area contributed by atoms with Gasteiger partial charge >= 0.3 is 0 Å². The summed E-state index contributed by atoms with van der Waals surface area (Å²) in [6.07, 6.45) is 0. The van der Waals surface area contributed by atoms with Crippen LogP contribution in [0.1, 0.15) is 43.0 Å². The minimum atomic E-state index is -0.599. The molecule has 1 atom stereocenters. The van der Waals surface area contributed by atoms with Crippen molar-refractivity contribution >= 4 is 11.8 Å². The second-order valence-corrected chi connectivity index (χ2v) is 8.32. The molecule has 2 rings (SSSR count). The molecule has 0 saturated carbocycles. The van der Waals surface area contributed by atoms with Crippen LogP contribution >= 0.6 is 0 Å². The molecule has 0 fully saturated rings. The molecule has 5 nitrogen and oxygen atoms in total. The van der Waals surface area contributed by atoms with E-state index in [-0.39, 0.29) is 18.4 Å². The van der Waals surface area contributed by atoms with Gasteiger partial charge in [-0.15, -0.1) is 0 Å². The molecule has 0 bridgehead atoms. The molecule has 0 radical (unpaired) electrons. The fraction of sp³-hybridized carbons (Fsp3) is 0.440. The Morgan fingerprint density at radius 2 is 1.70 bits per heavy atom. The van der Waals surface area contributed by atoms with Crippen molar-refractivity contribution < 1.29 is 14.3 Å². The molecule has 30 heavy (non-hydrogen) atoms. The minimum absolute atomic E-state index is 0.113. The van der Waals surface area contributed by atoms with Crippen LogP contribution in [0, 0.1) is 26.7 Å². The molecule has 0 aliphatic heterocycles. The number of carbonyl (C=O) groups is 2. The van der Waals surface area contributed by atoms with Crippen LogP contribution in [-0.4, -0.2) is 35.9 Å². The SMILES string of the molecule is Cc1ccc(C)c(OCC(=O)N(Cc2ccccc2C)[C@@H](C)C(=O)NCC(C)C)c1. The Morgan fingerprint density at radius 1 is 1.00 bits per heavy atom. The van der Waals surface area contributed by atoms with Crippen LogP contribution in [0.15, 0.2) is 42.5 Å². The largest absolute Gasteiger partial charge is 0.483 e. The van der Waals surface area contributed by atoms with Gasteiger partial charge in [0.05, 0.1) is 0 Å². The highest BCUT2D eigenvalue weighted by molar-refractivity contribution is 5.88. The fourth-order valence-corrected chi connectivity index (χ4v) is 3.09. The molecule has 162 valence electrons. The van der Waals surface area contributed by atoms with E-state index in [0.29, 0.717) is 24.8 Å². The van der Waals surface area contributed by atoms with Crippen LogP contribution in [-0.2, 0) is 16.1 Å². The van der Waals surface area contributed by atoms with Crippen molar-refractivity contribution in [3.63, 3.8) is 0 Å². The van der Waals surface area contributed by atoms with E-state index in [1.165, 1.54) is 0 Å². The van der Waals surface area contributed by atoms with Crippen molar-refractivity contribution in [2.24, 2.45) is 5.92 Å². The van der Waals surface area contributed by atoms with Crippen molar-refractivity contribution in [1.82, 2.24) is 10.2 Å². The van der Waals surface area contributed by atoms with Gasteiger partial charge in [0.2, 0.25) is 5.91 Å². The second kappa shape index (κ2) is 10.8. The van der Waals surface area contributed by atoms with E-state index < -0.39 is 6.04 Å². The first-order valence-corrected chi connectivity index (χ1v) is 10.5. The van der Waals surface area contributed by atoms with Crippen LogP contribution in [0.25, 0.3) is 0 Å². The lowest BCUT2D eigenvalue weighted by Crippen LogP contribution is -2.49. The summed E-state index contributed by atoms with van der Waals surface area (Å²) < 4.78 is 5.83. The fourth-order valence-electron chi connectivity index (χ4n) is 3.09. The lowest BCUT2D eigenvalue weighted by atomic mass is 10.1. The maximum Gasteiger partial charge on any atom is 0.261 e. The van der Waals surface area contributed by atoms with Gasteiger partial charge in [-0.1, -0.05) is 50.2 Å². The Balaban J connectivity index is 2.18. The highest BCUT2D eigenvalue weighted by Crippen LogP contribution is 2.20. The molecule has 0 heterocycles. The average Bonchev–Trinajstić information content (AvgIpc) is 2.71. The highest BCUT2D eigenvalue weighted by Gasteiger charge is 2.27. The lowest BCUT2D eigenvalue weighted by molar-refractivity contribution is -0.142. The molecule has 5 heteroatoms. The number of amides is 2. The van der Waals surface area contributed by atoms with E-state index >= 15 is 0 Å². The van der Waals surface area contributed by atoms with Crippen molar-refractivity contribution in [2.75, 3.05) is 13.2 Å². The average molecular weight is 411 g/mol. The summed E-state index contributed by atoms with van der Waals surface area (Å²) in [5, 5.41) is 2.93. The zero-order valence-electron chi connectivity index (χ0n) is 19.0. The molecule has 2 aromatic rings. The number of carbonyl (C=O) groups excluding carboxylic acids is 2. The molecule has 0 aliphatic rings. The first kappa shape index (κ1) is 23.5. The summed E-state index contributed by atoms with van der Waals surface area (Å²) in [5.41, 5.74) is 4.14. The zero-order valence-corrected chi connectivity index (χ0v) is 19.0. The molecule has 2 aromatic carbocycles. The first-order valence-electron chi connectivity index (χ1n) is 10.5. The van der Waals surface area contributed by atoms with Gasteiger partial charge in [0.25, 0.3) is 5.91 Å². The Labute approximate surface area is 180 Å². The molecule has 0 aliphatic carbocycles. The Hall–Kier alpha value is -2.82. The molecule has 2 amide bonds. The van der Waals surface area contributed by atoms with Crippen LogP contribution in [0.3, 0.4) is 0 Å². The van der Waals surface area contributed by atoms with Gasteiger partial charge in [-0.2, -0.15) is 0 Å². The maximum atomic E-state index is 13.1. The molecule has 1 N–H and O–H groups in total. The topological polar surface area (TPSA) is 58.6 Å². The molecule has 0 saturated heterocycles. The number of nitrogens with zero attached hydrogens (tertiary/aromatic N) is 1. The van der Waals surface area contributed by atoms with Gasteiger partial charge in [0.1, 0.15) is 11.8 Å². The zero-order chi connectivity index (χ0) is 22.3.